The van der Waals surface area contributed by atoms with Gasteiger partial charge in [0.2, 0.25) is 5.82 Å². The average molecular weight is 230 g/mol. The van der Waals surface area contributed by atoms with Crippen LogP contribution < -0.4 is 0 Å². The van der Waals surface area contributed by atoms with E-state index in [0.29, 0.717) is 0 Å². The third-order valence-corrected chi connectivity index (χ3v) is 2.03. The summed E-state index contributed by atoms with van der Waals surface area (Å²) in [4.78, 5) is 13.8. The largest absolute Gasteiger partial charge is 0.478 e. The summed E-state index contributed by atoms with van der Waals surface area (Å²) in [6.07, 6.45) is -2.54. The number of hydrogen-bond donors (Lipinski definition) is 1. The molecule has 0 amide bonds. The zero-order chi connectivity index (χ0) is 11.9. The standard InChI is InChI=1S/C9H5F3N2O2/c10-9(11,12)8-13-4-6-3-5(7(15)16)1-2-14(6)8/h1-4H,(H,15,16). The minimum Gasteiger partial charge on any atom is -0.478 e. The van der Waals surface area contributed by atoms with Crippen molar-refractivity contribution in [3.63, 3.8) is 0 Å². The summed E-state index contributed by atoms with van der Waals surface area (Å²) >= 11 is 0. The zero-order valence-corrected chi connectivity index (χ0v) is 7.69. The monoisotopic (exact) mass is 230 g/mol. The molecule has 0 spiro atoms. The van der Waals surface area contributed by atoms with E-state index >= 15 is 0 Å². The van der Waals surface area contributed by atoms with Crippen LogP contribution in [0.1, 0.15) is 16.2 Å². The molecule has 7 heteroatoms. The number of fused-ring (bicyclic) bond motifs is 1. The summed E-state index contributed by atoms with van der Waals surface area (Å²) in [5.41, 5.74) is 0.00773. The Kier molecular flexibility index (Phi) is 2.11. The van der Waals surface area contributed by atoms with E-state index in [0.717, 1.165) is 28.9 Å². The third kappa shape index (κ3) is 1.60. The van der Waals surface area contributed by atoms with Gasteiger partial charge in [-0.1, -0.05) is 0 Å². The molecule has 16 heavy (non-hydrogen) atoms. The highest BCUT2D eigenvalue weighted by atomic mass is 19.4. The molecule has 0 atom stereocenters. The fraction of sp³-hybridized carbons (Fsp3) is 0.111. The summed E-state index contributed by atoms with van der Waals surface area (Å²) in [5, 5.41) is 8.66. The van der Waals surface area contributed by atoms with Crippen molar-refractivity contribution in [1.82, 2.24) is 9.38 Å². The number of carboxylic acid groups (broad SMARTS) is 1. The van der Waals surface area contributed by atoms with E-state index in [1.807, 2.05) is 0 Å². The molecule has 0 unspecified atom stereocenters. The number of pyridine rings is 1. The van der Waals surface area contributed by atoms with Crippen LogP contribution in [0.2, 0.25) is 0 Å². The number of imidazole rings is 1. The van der Waals surface area contributed by atoms with Crippen molar-refractivity contribution in [3.8, 4) is 0 Å². The first-order valence-electron chi connectivity index (χ1n) is 4.17. The van der Waals surface area contributed by atoms with Crippen LogP contribution in [0.25, 0.3) is 5.52 Å². The lowest BCUT2D eigenvalue weighted by atomic mass is 10.2. The molecule has 0 aliphatic rings. The molecule has 0 saturated carbocycles. The van der Waals surface area contributed by atoms with Gasteiger partial charge in [0.15, 0.2) is 0 Å². The van der Waals surface area contributed by atoms with E-state index in [4.69, 9.17) is 5.11 Å². The molecule has 84 valence electrons. The van der Waals surface area contributed by atoms with Crippen molar-refractivity contribution >= 4 is 11.5 Å². The van der Waals surface area contributed by atoms with Crippen molar-refractivity contribution in [2.24, 2.45) is 0 Å². The molecular formula is C9H5F3N2O2. The predicted molar refractivity (Wildman–Crippen MR) is 47.2 cm³/mol. The lowest BCUT2D eigenvalue weighted by molar-refractivity contribution is -0.145. The molecule has 0 radical (unpaired) electrons. The van der Waals surface area contributed by atoms with Crippen molar-refractivity contribution in [1.29, 1.82) is 0 Å². The maximum absolute atomic E-state index is 12.4. The van der Waals surface area contributed by atoms with Crippen LogP contribution in [0.4, 0.5) is 13.2 Å². The van der Waals surface area contributed by atoms with Crippen molar-refractivity contribution in [2.45, 2.75) is 6.18 Å². The Bertz CT molecular complexity index is 559. The highest BCUT2D eigenvalue weighted by Crippen LogP contribution is 2.28. The number of halogens is 3. The van der Waals surface area contributed by atoms with Gasteiger partial charge in [0.25, 0.3) is 0 Å². The Labute approximate surface area is 87.0 Å². The fourth-order valence-electron chi connectivity index (χ4n) is 1.34. The molecule has 0 bridgehead atoms. The number of hydrogen-bond acceptors (Lipinski definition) is 2. The van der Waals surface area contributed by atoms with Gasteiger partial charge in [0.1, 0.15) is 0 Å². The molecule has 0 saturated heterocycles. The first-order chi connectivity index (χ1) is 7.39. The summed E-state index contributed by atoms with van der Waals surface area (Å²) < 4.78 is 38.0. The number of carboxylic acids is 1. The third-order valence-electron chi connectivity index (χ3n) is 2.03. The summed E-state index contributed by atoms with van der Waals surface area (Å²) in [7, 11) is 0. The SMILES string of the molecule is O=C(O)c1ccn2c(C(F)(F)F)ncc2c1. The second-order valence-electron chi connectivity index (χ2n) is 3.10. The van der Waals surface area contributed by atoms with Crippen LogP contribution in [0.15, 0.2) is 24.5 Å². The summed E-state index contributed by atoms with van der Waals surface area (Å²) in [6, 6.07) is 2.22. The van der Waals surface area contributed by atoms with Gasteiger partial charge in [-0.2, -0.15) is 13.2 Å². The number of carbonyl (C=O) groups is 1. The van der Waals surface area contributed by atoms with Crippen molar-refractivity contribution in [3.05, 3.63) is 35.9 Å². The quantitative estimate of drug-likeness (QED) is 0.815. The Morgan fingerprint density at radius 1 is 1.44 bits per heavy atom. The van der Waals surface area contributed by atoms with Crippen LogP contribution in [0.5, 0.6) is 0 Å². The highest BCUT2D eigenvalue weighted by Gasteiger charge is 2.35. The van der Waals surface area contributed by atoms with Crippen molar-refractivity contribution in [2.75, 3.05) is 0 Å². The highest BCUT2D eigenvalue weighted by molar-refractivity contribution is 5.88. The van der Waals surface area contributed by atoms with Gasteiger partial charge in [-0.25, -0.2) is 9.78 Å². The van der Waals surface area contributed by atoms with Gasteiger partial charge >= 0.3 is 12.1 Å². The van der Waals surface area contributed by atoms with Crippen LogP contribution in [-0.4, -0.2) is 20.5 Å². The molecule has 2 heterocycles. The van der Waals surface area contributed by atoms with Gasteiger partial charge in [-0.15, -0.1) is 0 Å². The molecule has 2 aromatic rings. The smallest absolute Gasteiger partial charge is 0.450 e. The van der Waals surface area contributed by atoms with Crippen LogP contribution in [0, 0.1) is 0 Å². The van der Waals surface area contributed by atoms with E-state index in [-0.39, 0.29) is 11.1 Å². The number of nitrogens with zero attached hydrogens (tertiary/aromatic N) is 2. The minimum atomic E-state index is -4.56. The van der Waals surface area contributed by atoms with Gasteiger partial charge in [-0.05, 0) is 12.1 Å². The molecule has 2 rings (SSSR count). The first kappa shape index (κ1) is 10.5. The average Bonchev–Trinajstić information content (AvgIpc) is 2.58. The zero-order valence-electron chi connectivity index (χ0n) is 7.69. The second kappa shape index (κ2) is 3.22. The number of aromatic nitrogens is 2. The molecule has 4 nitrogen and oxygen atoms in total. The van der Waals surface area contributed by atoms with Gasteiger partial charge in [0.05, 0.1) is 17.3 Å². The Hall–Kier alpha value is -2.05. The Morgan fingerprint density at radius 3 is 2.69 bits per heavy atom. The van der Waals surface area contributed by atoms with Gasteiger partial charge < -0.3 is 5.11 Å². The Morgan fingerprint density at radius 2 is 2.12 bits per heavy atom. The number of rotatable bonds is 1. The number of alkyl halides is 3. The predicted octanol–water partition coefficient (Wildman–Crippen LogP) is 2.05. The van der Waals surface area contributed by atoms with Crippen LogP contribution in [0.3, 0.4) is 0 Å². The minimum absolute atomic E-state index is 0.0823. The molecule has 0 aliphatic carbocycles. The molecule has 1 N–H and O–H groups in total. The Balaban J connectivity index is 2.64. The van der Waals surface area contributed by atoms with E-state index in [9.17, 15) is 18.0 Å². The molecule has 0 aliphatic heterocycles. The van der Waals surface area contributed by atoms with E-state index in [2.05, 4.69) is 4.98 Å². The number of aromatic carboxylic acids is 1. The normalized spacial score (nSPS) is 11.9. The van der Waals surface area contributed by atoms with Gasteiger partial charge in [0, 0.05) is 6.20 Å². The maximum Gasteiger partial charge on any atom is 0.450 e. The van der Waals surface area contributed by atoms with Crippen molar-refractivity contribution < 1.29 is 23.1 Å². The topological polar surface area (TPSA) is 54.6 Å². The lowest BCUT2D eigenvalue weighted by Gasteiger charge is -2.05. The molecule has 0 aromatic carbocycles. The van der Waals surface area contributed by atoms with Gasteiger partial charge in [-0.3, -0.25) is 4.40 Å². The summed E-state index contributed by atoms with van der Waals surface area (Å²) in [5.74, 6) is -2.27. The second-order valence-corrected chi connectivity index (χ2v) is 3.10. The fourth-order valence-corrected chi connectivity index (χ4v) is 1.34. The molecule has 2 aromatic heterocycles. The first-order valence-corrected chi connectivity index (χ1v) is 4.17. The van der Waals surface area contributed by atoms with E-state index in [1.165, 1.54) is 0 Å². The molecular weight excluding hydrogens is 225 g/mol. The lowest BCUT2D eigenvalue weighted by Crippen LogP contribution is -2.10. The van der Waals surface area contributed by atoms with E-state index in [1.54, 1.807) is 0 Å². The molecule has 0 fully saturated rings. The van der Waals surface area contributed by atoms with E-state index < -0.39 is 18.0 Å². The van der Waals surface area contributed by atoms with Crippen LogP contribution >= 0.6 is 0 Å². The summed E-state index contributed by atoms with van der Waals surface area (Å²) in [6.45, 7) is 0. The maximum atomic E-state index is 12.4. The van der Waals surface area contributed by atoms with Crippen LogP contribution in [-0.2, 0) is 6.18 Å².